The molecule has 1 aromatic carbocycles. The van der Waals surface area contributed by atoms with Crippen LogP contribution in [0.5, 0.6) is 0 Å². The van der Waals surface area contributed by atoms with Crippen molar-refractivity contribution in [3.63, 3.8) is 0 Å². The molecule has 23 heavy (non-hydrogen) atoms. The lowest BCUT2D eigenvalue weighted by Crippen LogP contribution is -2.68. The maximum Gasteiger partial charge on any atom is 0.634 e. The van der Waals surface area contributed by atoms with Crippen molar-refractivity contribution in [2.24, 2.45) is 0 Å². The number of likely N-dealkylation sites (N-methyl/N-ethyl adjacent to an activating group) is 1. The summed E-state index contributed by atoms with van der Waals surface area (Å²) in [5.74, 6) is -0.737. The average molecular weight is 313 g/mol. The molecule has 7 nitrogen and oxygen atoms in total. The molecule has 0 unspecified atom stereocenters. The van der Waals surface area contributed by atoms with Gasteiger partial charge in [-0.2, -0.15) is 5.10 Å². The van der Waals surface area contributed by atoms with Gasteiger partial charge in [-0.05, 0) is 25.1 Å². The predicted octanol–water partition coefficient (Wildman–Crippen LogP) is -0.113. The Labute approximate surface area is 133 Å². The third-order valence-corrected chi connectivity index (χ3v) is 4.66. The zero-order valence-corrected chi connectivity index (χ0v) is 12.9. The molecule has 4 rings (SSSR count). The number of nitrogens with zero attached hydrogens (tertiary/aromatic N) is 3. The third kappa shape index (κ3) is 1.85. The van der Waals surface area contributed by atoms with Crippen LogP contribution in [0.4, 0.5) is 0 Å². The molecule has 0 spiro atoms. The molecular weight excluding hydrogens is 297 g/mol. The van der Waals surface area contributed by atoms with E-state index >= 15 is 0 Å². The van der Waals surface area contributed by atoms with Crippen LogP contribution in [0.15, 0.2) is 36.4 Å². The molecule has 2 aliphatic rings. The van der Waals surface area contributed by atoms with Gasteiger partial charge in [0.25, 0.3) is 0 Å². The number of benzene rings is 1. The van der Waals surface area contributed by atoms with Crippen LogP contribution >= 0.6 is 0 Å². The lowest BCUT2D eigenvalue weighted by atomic mass is 9.64. The fourth-order valence-electron chi connectivity index (χ4n) is 3.54. The molecule has 0 aliphatic carbocycles. The zero-order valence-electron chi connectivity index (χ0n) is 12.9. The maximum absolute atomic E-state index is 11.9. The first-order chi connectivity index (χ1) is 10.9. The van der Waals surface area contributed by atoms with Crippen LogP contribution in [0, 0.1) is 6.92 Å². The van der Waals surface area contributed by atoms with Gasteiger partial charge in [0.05, 0.1) is 11.3 Å². The molecule has 2 aliphatic heterocycles. The van der Waals surface area contributed by atoms with Crippen molar-refractivity contribution in [3.8, 4) is 5.69 Å². The van der Waals surface area contributed by atoms with Crippen LogP contribution in [-0.4, -0.2) is 52.9 Å². The summed E-state index contributed by atoms with van der Waals surface area (Å²) in [5.41, 5.74) is 2.26. The summed E-state index contributed by atoms with van der Waals surface area (Å²) < 4.78 is 12.9. The lowest BCUT2D eigenvalue weighted by molar-refractivity contribution is -0.791. The van der Waals surface area contributed by atoms with Gasteiger partial charge in [-0.15, -0.1) is 0 Å². The van der Waals surface area contributed by atoms with Crippen molar-refractivity contribution in [2.45, 2.75) is 6.92 Å². The first-order valence-electron chi connectivity index (χ1n) is 7.48. The number of carbonyl (C=O) groups is 2. The molecule has 8 heteroatoms. The summed E-state index contributed by atoms with van der Waals surface area (Å²) in [6.45, 7) is -0.139. The van der Waals surface area contributed by atoms with Gasteiger partial charge in [-0.3, -0.25) is 9.59 Å². The number of hydrogen-bond donors (Lipinski definition) is 0. The van der Waals surface area contributed by atoms with Crippen LogP contribution in [0.25, 0.3) is 5.69 Å². The number of fused-ring (bicyclic) bond motifs is 1. The lowest BCUT2D eigenvalue weighted by Gasteiger charge is -2.38. The van der Waals surface area contributed by atoms with E-state index in [1.54, 1.807) is 11.7 Å². The Morgan fingerprint density at radius 2 is 1.74 bits per heavy atom. The molecule has 0 bridgehead atoms. The summed E-state index contributed by atoms with van der Waals surface area (Å²) in [4.78, 5) is 23.7. The van der Waals surface area contributed by atoms with E-state index in [1.165, 1.54) is 0 Å². The number of aromatic nitrogens is 2. The second-order valence-electron chi connectivity index (χ2n) is 6.41. The first kappa shape index (κ1) is 14.0. The predicted molar refractivity (Wildman–Crippen MR) is 81.8 cm³/mol. The molecule has 2 aromatic rings. The monoisotopic (exact) mass is 313 g/mol. The Morgan fingerprint density at radius 1 is 1.13 bits per heavy atom. The van der Waals surface area contributed by atoms with E-state index in [0.717, 1.165) is 11.4 Å². The molecule has 0 N–H and O–H groups in total. The zero-order chi connectivity index (χ0) is 16.2. The Balaban J connectivity index is 1.85. The highest BCUT2D eigenvalue weighted by Gasteiger charge is 2.67. The number of para-hydroxylation sites is 1. The normalized spacial score (nSPS) is 29.3. The van der Waals surface area contributed by atoms with Crippen molar-refractivity contribution in [2.75, 3.05) is 20.1 Å². The molecule has 1 aromatic heterocycles. The number of carbonyl (C=O) groups excluding carboxylic acids is 2. The van der Waals surface area contributed by atoms with E-state index in [0.29, 0.717) is 5.59 Å². The SMILES string of the molecule is Cc1cc([B-]23OC(=O)C[N+]2(C)CC(=O)O3)nn1-c1ccccc1. The van der Waals surface area contributed by atoms with Crippen LogP contribution in [0.2, 0.25) is 0 Å². The second kappa shape index (κ2) is 4.45. The maximum atomic E-state index is 11.9. The summed E-state index contributed by atoms with van der Waals surface area (Å²) in [6, 6.07) is 11.5. The van der Waals surface area contributed by atoms with E-state index in [4.69, 9.17) is 9.31 Å². The van der Waals surface area contributed by atoms with Crippen LogP contribution in [-0.2, 0) is 18.9 Å². The minimum Gasteiger partial charge on any atom is -0.595 e. The van der Waals surface area contributed by atoms with Gasteiger partial charge in [0.2, 0.25) is 0 Å². The Kier molecular flexibility index (Phi) is 2.71. The molecule has 118 valence electrons. The van der Waals surface area contributed by atoms with Crippen LogP contribution in [0.1, 0.15) is 5.69 Å². The first-order valence-corrected chi connectivity index (χ1v) is 7.48. The highest BCUT2D eigenvalue weighted by Crippen LogP contribution is 2.33. The van der Waals surface area contributed by atoms with Crippen molar-refractivity contribution < 1.29 is 23.3 Å². The molecule has 2 saturated heterocycles. The van der Waals surface area contributed by atoms with Crippen LogP contribution < -0.4 is 5.59 Å². The van der Waals surface area contributed by atoms with E-state index < -0.39 is 6.69 Å². The standard InChI is InChI=1S/C15H16BN3O4/c1-11-8-13(17-18(11)12-6-4-3-5-7-12)16-19(2,9-14(20)22-16)10-15(21)23-16/h3-8H,9-10H2,1-2H3. The van der Waals surface area contributed by atoms with Crippen molar-refractivity contribution in [1.82, 2.24) is 9.78 Å². The van der Waals surface area contributed by atoms with Crippen molar-refractivity contribution in [1.29, 1.82) is 0 Å². The van der Waals surface area contributed by atoms with Gasteiger partial charge in [0.15, 0.2) is 0 Å². The fraction of sp³-hybridized carbons (Fsp3) is 0.267. The largest absolute Gasteiger partial charge is 0.634 e. The molecule has 0 radical (unpaired) electrons. The van der Waals surface area contributed by atoms with Gasteiger partial charge in [0, 0.05) is 12.7 Å². The minimum atomic E-state index is -2.28. The molecule has 0 amide bonds. The minimum absolute atomic E-state index is 0.100. The molecule has 2 fully saturated rings. The van der Waals surface area contributed by atoms with Gasteiger partial charge in [-0.1, -0.05) is 18.2 Å². The summed E-state index contributed by atoms with van der Waals surface area (Å²) in [6.07, 6.45) is 0. The van der Waals surface area contributed by atoms with E-state index in [9.17, 15) is 9.59 Å². The van der Waals surface area contributed by atoms with Crippen LogP contribution in [0.3, 0.4) is 0 Å². The molecule has 0 atom stereocenters. The van der Waals surface area contributed by atoms with Crippen molar-refractivity contribution in [3.05, 3.63) is 42.1 Å². The van der Waals surface area contributed by atoms with E-state index in [1.807, 2.05) is 43.3 Å². The topological polar surface area (TPSA) is 70.4 Å². The Bertz CT molecular complexity index is 797. The Morgan fingerprint density at radius 3 is 2.35 bits per heavy atom. The fourth-order valence-corrected chi connectivity index (χ4v) is 3.54. The van der Waals surface area contributed by atoms with Gasteiger partial charge in [0.1, 0.15) is 13.1 Å². The summed E-state index contributed by atoms with van der Waals surface area (Å²) >= 11 is 0. The Hall–Kier alpha value is -2.61. The highest BCUT2D eigenvalue weighted by atomic mass is 16.7. The second-order valence-corrected chi connectivity index (χ2v) is 6.41. The van der Waals surface area contributed by atoms with Crippen molar-refractivity contribution >= 4 is 24.2 Å². The number of quaternary nitrogens is 1. The number of rotatable bonds is 2. The number of hydrogen-bond acceptors (Lipinski definition) is 5. The molecule has 0 saturated carbocycles. The number of aryl methyl sites for hydroxylation is 1. The highest BCUT2D eigenvalue weighted by molar-refractivity contribution is 6.78. The third-order valence-electron chi connectivity index (χ3n) is 4.66. The summed E-state index contributed by atoms with van der Waals surface area (Å²) in [7, 11) is 1.80. The molecular formula is C15H16BN3O4. The average Bonchev–Trinajstić information content (AvgIpc) is 3.06. The van der Waals surface area contributed by atoms with E-state index in [-0.39, 0.29) is 29.4 Å². The van der Waals surface area contributed by atoms with Gasteiger partial charge < -0.3 is 13.7 Å². The van der Waals surface area contributed by atoms with Gasteiger partial charge >= 0.3 is 18.6 Å². The quantitative estimate of drug-likeness (QED) is 0.724. The molecule has 3 heterocycles. The van der Waals surface area contributed by atoms with E-state index in [2.05, 4.69) is 5.10 Å². The summed E-state index contributed by atoms with van der Waals surface area (Å²) in [5, 5.41) is 4.58. The van der Waals surface area contributed by atoms with Gasteiger partial charge in [-0.25, -0.2) is 4.68 Å². The smallest absolute Gasteiger partial charge is 0.595 e.